The summed E-state index contributed by atoms with van der Waals surface area (Å²) in [6.07, 6.45) is 5.55. The highest BCUT2D eigenvalue weighted by atomic mass is 79.9. The number of aromatic nitrogens is 2. The summed E-state index contributed by atoms with van der Waals surface area (Å²) >= 11 is 3.35. The number of hydrogen-bond donors (Lipinski definition) is 2. The third-order valence-corrected chi connectivity index (χ3v) is 3.48. The summed E-state index contributed by atoms with van der Waals surface area (Å²) in [7, 11) is 0. The second-order valence-electron chi connectivity index (χ2n) is 4.24. The molecule has 2 heterocycles. The normalized spacial score (nSPS) is 16.6. The van der Waals surface area contributed by atoms with Gasteiger partial charge in [0.1, 0.15) is 6.61 Å². The van der Waals surface area contributed by atoms with Gasteiger partial charge in [-0.3, -0.25) is 10.3 Å². The van der Waals surface area contributed by atoms with Crippen molar-refractivity contribution >= 4 is 21.9 Å². The molecule has 1 aliphatic heterocycles. The van der Waals surface area contributed by atoms with E-state index in [1.807, 2.05) is 0 Å². The lowest BCUT2D eigenvalue weighted by Crippen LogP contribution is -2.33. The Balaban J connectivity index is 1.81. The summed E-state index contributed by atoms with van der Waals surface area (Å²) < 4.78 is 6.38. The van der Waals surface area contributed by atoms with Crippen LogP contribution in [0.25, 0.3) is 0 Å². The van der Waals surface area contributed by atoms with E-state index in [4.69, 9.17) is 10.6 Å². The molecule has 3 N–H and O–H groups in total. The summed E-state index contributed by atoms with van der Waals surface area (Å²) in [6.45, 7) is 3.90. The van der Waals surface area contributed by atoms with Gasteiger partial charge in [0.05, 0.1) is 10.7 Å². The topological polar surface area (TPSA) is 76.3 Å². The monoisotopic (exact) mass is 315 g/mol. The molecule has 1 aliphatic rings. The average molecular weight is 316 g/mol. The Kier molecular flexibility index (Phi) is 5.15. The number of ether oxygens (including phenoxy) is 1. The molecule has 0 bridgehead atoms. The van der Waals surface area contributed by atoms with Crippen molar-refractivity contribution in [1.82, 2.24) is 14.9 Å². The highest BCUT2D eigenvalue weighted by Crippen LogP contribution is 2.22. The van der Waals surface area contributed by atoms with Gasteiger partial charge in [0.25, 0.3) is 0 Å². The van der Waals surface area contributed by atoms with Gasteiger partial charge in [-0.2, -0.15) is 4.98 Å². The summed E-state index contributed by atoms with van der Waals surface area (Å²) in [4.78, 5) is 10.5. The highest BCUT2D eigenvalue weighted by molar-refractivity contribution is 9.10. The number of nitrogen functional groups attached to an aromatic ring is 1. The van der Waals surface area contributed by atoms with Crippen molar-refractivity contribution in [2.75, 3.05) is 31.7 Å². The number of likely N-dealkylation sites (tertiary alicyclic amines) is 1. The van der Waals surface area contributed by atoms with E-state index in [1.54, 1.807) is 6.20 Å². The van der Waals surface area contributed by atoms with Gasteiger partial charge in [0, 0.05) is 6.54 Å². The predicted molar refractivity (Wildman–Crippen MR) is 73.3 cm³/mol. The molecule has 0 amide bonds. The standard InChI is InChI=1S/C11H18BrN5O/c12-9-8-14-11(16-13)15-10(9)18-7-6-17-4-2-1-3-5-17/h8H,1-7,13H2,(H,14,15,16). The van der Waals surface area contributed by atoms with Gasteiger partial charge < -0.3 is 4.74 Å². The Hall–Kier alpha value is -0.920. The van der Waals surface area contributed by atoms with Crippen molar-refractivity contribution in [3.8, 4) is 5.88 Å². The van der Waals surface area contributed by atoms with Gasteiger partial charge >= 0.3 is 0 Å². The van der Waals surface area contributed by atoms with Crippen LogP contribution in [-0.4, -0.2) is 41.1 Å². The Morgan fingerprint density at radius 3 is 2.89 bits per heavy atom. The Morgan fingerprint density at radius 2 is 2.17 bits per heavy atom. The van der Waals surface area contributed by atoms with Crippen LogP contribution < -0.4 is 16.0 Å². The fourth-order valence-corrected chi connectivity index (χ4v) is 2.28. The molecular weight excluding hydrogens is 298 g/mol. The fraction of sp³-hybridized carbons (Fsp3) is 0.636. The molecule has 0 spiro atoms. The Bertz CT molecular complexity index is 384. The van der Waals surface area contributed by atoms with Gasteiger partial charge in [-0.05, 0) is 41.9 Å². The minimum absolute atomic E-state index is 0.353. The van der Waals surface area contributed by atoms with Crippen LogP contribution in [-0.2, 0) is 0 Å². The maximum absolute atomic E-state index is 5.65. The molecule has 0 aliphatic carbocycles. The van der Waals surface area contributed by atoms with Crippen molar-refractivity contribution in [1.29, 1.82) is 0 Å². The number of nitrogens with two attached hydrogens (primary N) is 1. The molecule has 100 valence electrons. The molecule has 0 radical (unpaired) electrons. The van der Waals surface area contributed by atoms with Crippen LogP contribution >= 0.6 is 15.9 Å². The van der Waals surface area contributed by atoms with E-state index in [2.05, 4.69) is 36.2 Å². The first-order chi connectivity index (χ1) is 8.79. The largest absolute Gasteiger partial charge is 0.475 e. The number of rotatable bonds is 5. The molecule has 0 saturated carbocycles. The predicted octanol–water partition coefficient (Wildman–Crippen LogP) is 1.39. The molecule has 2 rings (SSSR count). The van der Waals surface area contributed by atoms with E-state index in [-0.39, 0.29) is 0 Å². The number of anilines is 1. The SMILES string of the molecule is NNc1ncc(Br)c(OCCN2CCCCC2)n1. The summed E-state index contributed by atoms with van der Waals surface area (Å²) in [5.74, 6) is 6.14. The second kappa shape index (κ2) is 6.86. The number of nitrogens with zero attached hydrogens (tertiary/aromatic N) is 3. The van der Waals surface area contributed by atoms with Crippen LogP contribution in [0.15, 0.2) is 10.7 Å². The van der Waals surface area contributed by atoms with Gasteiger partial charge in [0.15, 0.2) is 0 Å². The van der Waals surface area contributed by atoms with Crippen molar-refractivity contribution in [2.45, 2.75) is 19.3 Å². The summed E-state index contributed by atoms with van der Waals surface area (Å²) in [5.41, 5.74) is 2.40. The lowest BCUT2D eigenvalue weighted by atomic mass is 10.1. The van der Waals surface area contributed by atoms with Crippen LogP contribution in [0.3, 0.4) is 0 Å². The Morgan fingerprint density at radius 1 is 1.39 bits per heavy atom. The quantitative estimate of drug-likeness (QED) is 0.631. The first-order valence-electron chi connectivity index (χ1n) is 6.14. The minimum atomic E-state index is 0.353. The minimum Gasteiger partial charge on any atom is -0.475 e. The number of nitrogens with one attached hydrogen (secondary N) is 1. The first-order valence-corrected chi connectivity index (χ1v) is 6.93. The number of halogens is 1. The number of hydrazine groups is 1. The zero-order valence-electron chi connectivity index (χ0n) is 10.2. The first kappa shape index (κ1) is 13.5. The van der Waals surface area contributed by atoms with E-state index in [9.17, 15) is 0 Å². The smallest absolute Gasteiger partial charge is 0.240 e. The van der Waals surface area contributed by atoms with Crippen LogP contribution in [0.1, 0.15) is 19.3 Å². The maximum Gasteiger partial charge on any atom is 0.240 e. The molecule has 0 unspecified atom stereocenters. The molecule has 1 fully saturated rings. The number of piperidine rings is 1. The van der Waals surface area contributed by atoms with E-state index < -0.39 is 0 Å². The van der Waals surface area contributed by atoms with Gasteiger partial charge in [-0.1, -0.05) is 6.42 Å². The third-order valence-electron chi connectivity index (χ3n) is 2.94. The lowest BCUT2D eigenvalue weighted by Gasteiger charge is -2.26. The molecule has 1 saturated heterocycles. The maximum atomic E-state index is 5.65. The molecule has 1 aromatic rings. The zero-order valence-corrected chi connectivity index (χ0v) is 11.8. The van der Waals surface area contributed by atoms with Crippen LogP contribution in [0.4, 0.5) is 5.95 Å². The molecule has 0 aromatic carbocycles. The Labute approximate surface area is 115 Å². The third kappa shape index (κ3) is 3.79. The van der Waals surface area contributed by atoms with E-state index in [1.165, 1.54) is 32.4 Å². The molecule has 1 aromatic heterocycles. The molecule has 6 nitrogen and oxygen atoms in total. The summed E-state index contributed by atoms with van der Waals surface area (Å²) in [6, 6.07) is 0. The van der Waals surface area contributed by atoms with Crippen LogP contribution in [0.2, 0.25) is 0 Å². The van der Waals surface area contributed by atoms with E-state index >= 15 is 0 Å². The molecule has 0 atom stereocenters. The van der Waals surface area contributed by atoms with Crippen molar-refractivity contribution < 1.29 is 4.74 Å². The van der Waals surface area contributed by atoms with Crippen LogP contribution in [0.5, 0.6) is 5.88 Å². The second-order valence-corrected chi connectivity index (χ2v) is 5.10. The highest BCUT2D eigenvalue weighted by Gasteiger charge is 2.11. The molecule has 7 heteroatoms. The van der Waals surface area contributed by atoms with Crippen molar-refractivity contribution in [3.63, 3.8) is 0 Å². The van der Waals surface area contributed by atoms with Crippen molar-refractivity contribution in [3.05, 3.63) is 10.7 Å². The zero-order chi connectivity index (χ0) is 12.8. The van der Waals surface area contributed by atoms with Gasteiger partial charge in [0.2, 0.25) is 11.8 Å². The van der Waals surface area contributed by atoms with Crippen molar-refractivity contribution in [2.24, 2.45) is 5.84 Å². The molecular formula is C11H18BrN5O. The van der Waals surface area contributed by atoms with Gasteiger partial charge in [-0.25, -0.2) is 10.8 Å². The van der Waals surface area contributed by atoms with Crippen LogP contribution in [0, 0.1) is 0 Å². The molecule has 18 heavy (non-hydrogen) atoms. The van der Waals surface area contributed by atoms with E-state index in [0.29, 0.717) is 18.4 Å². The fourth-order valence-electron chi connectivity index (χ4n) is 1.98. The van der Waals surface area contributed by atoms with E-state index in [0.717, 1.165) is 11.0 Å². The lowest BCUT2D eigenvalue weighted by molar-refractivity contribution is 0.180. The number of hydrogen-bond acceptors (Lipinski definition) is 6. The average Bonchev–Trinajstić information content (AvgIpc) is 2.42. The summed E-state index contributed by atoms with van der Waals surface area (Å²) in [5, 5.41) is 0. The van der Waals surface area contributed by atoms with Gasteiger partial charge in [-0.15, -0.1) is 0 Å².